The third-order valence-corrected chi connectivity index (χ3v) is 4.18. The van der Waals surface area contributed by atoms with Crippen molar-refractivity contribution < 1.29 is 23.8 Å². The first-order valence-electron chi connectivity index (χ1n) is 8.69. The zero-order chi connectivity index (χ0) is 20.6. The second-order valence-corrected chi connectivity index (χ2v) is 6.28. The fourth-order valence-corrected chi connectivity index (χ4v) is 2.60. The minimum absolute atomic E-state index is 0.240. The van der Waals surface area contributed by atoms with Gasteiger partial charge in [0.1, 0.15) is 11.5 Å². The summed E-state index contributed by atoms with van der Waals surface area (Å²) in [5.41, 5.74) is 0.846. The van der Waals surface area contributed by atoms with Gasteiger partial charge in [0.2, 0.25) is 0 Å². The molecule has 3 rings (SSSR count). The summed E-state index contributed by atoms with van der Waals surface area (Å²) in [6, 6.07) is 20.6. The minimum Gasteiger partial charge on any atom is -0.482 e. The Morgan fingerprint density at radius 3 is 2.41 bits per heavy atom. The molecule has 148 valence electrons. The molecule has 7 heteroatoms. The van der Waals surface area contributed by atoms with Crippen LogP contribution in [0.4, 0.5) is 5.69 Å². The van der Waals surface area contributed by atoms with Crippen molar-refractivity contribution in [2.75, 3.05) is 19.0 Å². The predicted molar refractivity (Wildman–Crippen MR) is 110 cm³/mol. The molecule has 0 spiro atoms. The summed E-state index contributed by atoms with van der Waals surface area (Å²) in [6.45, 7) is -0.240. The summed E-state index contributed by atoms with van der Waals surface area (Å²) in [7, 11) is 1.28. The van der Waals surface area contributed by atoms with Gasteiger partial charge in [0.05, 0.1) is 17.8 Å². The topological polar surface area (TPSA) is 73.9 Å². The van der Waals surface area contributed by atoms with Crippen LogP contribution < -0.4 is 14.8 Å². The molecular formula is C22H18ClNO5. The summed E-state index contributed by atoms with van der Waals surface area (Å²) in [4.78, 5) is 23.9. The molecule has 1 amide bonds. The molecule has 6 nitrogen and oxygen atoms in total. The average molecular weight is 412 g/mol. The summed E-state index contributed by atoms with van der Waals surface area (Å²) < 4.78 is 15.7. The number of amides is 1. The van der Waals surface area contributed by atoms with Gasteiger partial charge in [-0.3, -0.25) is 4.79 Å². The van der Waals surface area contributed by atoms with Crippen LogP contribution in [-0.2, 0) is 9.53 Å². The Morgan fingerprint density at radius 1 is 0.931 bits per heavy atom. The molecule has 29 heavy (non-hydrogen) atoms. The first kappa shape index (κ1) is 20.2. The highest BCUT2D eigenvalue weighted by Crippen LogP contribution is 2.33. The van der Waals surface area contributed by atoms with Gasteiger partial charge in [-0.05, 0) is 42.5 Å². The van der Waals surface area contributed by atoms with Crippen molar-refractivity contribution in [3.63, 3.8) is 0 Å². The van der Waals surface area contributed by atoms with Crippen molar-refractivity contribution in [2.24, 2.45) is 0 Å². The normalized spacial score (nSPS) is 10.1. The number of para-hydroxylation sites is 3. The van der Waals surface area contributed by atoms with Crippen LogP contribution >= 0.6 is 11.6 Å². The number of benzene rings is 3. The number of carbonyl (C=O) groups is 2. The lowest BCUT2D eigenvalue weighted by Gasteiger charge is -2.13. The SMILES string of the molecule is COC(=O)COc1cccc(C(=O)Nc2ccccc2Oc2ccccc2Cl)c1. The quantitative estimate of drug-likeness (QED) is 0.557. The molecule has 3 aromatic rings. The summed E-state index contributed by atoms with van der Waals surface area (Å²) in [5, 5.41) is 3.28. The van der Waals surface area contributed by atoms with E-state index in [0.717, 1.165) is 0 Å². The second-order valence-electron chi connectivity index (χ2n) is 5.88. The molecule has 0 saturated carbocycles. The highest BCUT2D eigenvalue weighted by molar-refractivity contribution is 6.32. The maximum Gasteiger partial charge on any atom is 0.343 e. The van der Waals surface area contributed by atoms with E-state index in [1.54, 1.807) is 60.7 Å². The number of hydrogen-bond donors (Lipinski definition) is 1. The predicted octanol–water partition coefficient (Wildman–Crippen LogP) is 4.94. The van der Waals surface area contributed by atoms with Crippen LogP contribution in [0.25, 0.3) is 0 Å². The zero-order valence-corrected chi connectivity index (χ0v) is 16.3. The molecule has 0 heterocycles. The van der Waals surface area contributed by atoms with Crippen molar-refractivity contribution in [3.05, 3.63) is 83.4 Å². The lowest BCUT2D eigenvalue weighted by Crippen LogP contribution is -2.14. The Balaban J connectivity index is 1.74. The van der Waals surface area contributed by atoms with E-state index in [-0.39, 0.29) is 12.5 Å². The molecule has 0 atom stereocenters. The maximum absolute atomic E-state index is 12.7. The Kier molecular flexibility index (Phi) is 6.71. The number of anilines is 1. The van der Waals surface area contributed by atoms with Crippen molar-refractivity contribution >= 4 is 29.2 Å². The van der Waals surface area contributed by atoms with E-state index in [9.17, 15) is 9.59 Å². The molecule has 0 aliphatic carbocycles. The van der Waals surface area contributed by atoms with E-state index in [2.05, 4.69) is 10.1 Å². The van der Waals surface area contributed by atoms with Crippen LogP contribution in [0.1, 0.15) is 10.4 Å². The molecule has 0 aromatic heterocycles. The molecule has 3 aromatic carbocycles. The lowest BCUT2D eigenvalue weighted by molar-refractivity contribution is -0.142. The highest BCUT2D eigenvalue weighted by Gasteiger charge is 2.12. The first-order valence-corrected chi connectivity index (χ1v) is 9.07. The Labute approximate surface area is 173 Å². The van der Waals surface area contributed by atoms with Crippen molar-refractivity contribution in [2.45, 2.75) is 0 Å². The van der Waals surface area contributed by atoms with Crippen molar-refractivity contribution in [1.29, 1.82) is 0 Å². The summed E-state index contributed by atoms with van der Waals surface area (Å²) in [5.74, 6) is 0.444. The third-order valence-electron chi connectivity index (χ3n) is 3.87. The van der Waals surface area contributed by atoms with Crippen LogP contribution in [0.5, 0.6) is 17.2 Å². The fraction of sp³-hybridized carbons (Fsp3) is 0.0909. The molecule has 0 unspecified atom stereocenters. The second kappa shape index (κ2) is 9.61. The van der Waals surface area contributed by atoms with Crippen LogP contribution in [0.2, 0.25) is 5.02 Å². The maximum atomic E-state index is 12.7. The first-order chi connectivity index (χ1) is 14.1. The van der Waals surface area contributed by atoms with Gasteiger partial charge in [0.15, 0.2) is 12.4 Å². The van der Waals surface area contributed by atoms with Crippen LogP contribution in [0.15, 0.2) is 72.8 Å². The minimum atomic E-state index is -0.509. The van der Waals surface area contributed by atoms with E-state index in [1.807, 2.05) is 6.07 Å². The van der Waals surface area contributed by atoms with Crippen molar-refractivity contribution in [3.8, 4) is 17.2 Å². The summed E-state index contributed by atoms with van der Waals surface area (Å²) >= 11 is 6.15. The molecule has 0 bridgehead atoms. The van der Waals surface area contributed by atoms with Gasteiger partial charge >= 0.3 is 5.97 Å². The molecule has 0 saturated heterocycles. The van der Waals surface area contributed by atoms with Gasteiger partial charge < -0.3 is 19.5 Å². The largest absolute Gasteiger partial charge is 0.482 e. The molecular weight excluding hydrogens is 394 g/mol. The lowest BCUT2D eigenvalue weighted by atomic mass is 10.2. The monoisotopic (exact) mass is 411 g/mol. The number of ether oxygens (including phenoxy) is 3. The molecule has 0 fully saturated rings. The van der Waals surface area contributed by atoms with Crippen LogP contribution in [0, 0.1) is 0 Å². The zero-order valence-electron chi connectivity index (χ0n) is 15.6. The van der Waals surface area contributed by atoms with E-state index >= 15 is 0 Å². The molecule has 0 aliphatic rings. The molecule has 1 N–H and O–H groups in total. The Morgan fingerprint density at radius 2 is 1.66 bits per heavy atom. The van der Waals surface area contributed by atoms with Gasteiger partial charge in [-0.2, -0.15) is 0 Å². The van der Waals surface area contributed by atoms with Crippen LogP contribution in [-0.4, -0.2) is 25.6 Å². The Hall–Kier alpha value is -3.51. The van der Waals surface area contributed by atoms with E-state index in [1.165, 1.54) is 13.2 Å². The van der Waals surface area contributed by atoms with Gasteiger partial charge in [-0.1, -0.05) is 41.9 Å². The van der Waals surface area contributed by atoms with Gasteiger partial charge in [0.25, 0.3) is 5.91 Å². The number of hydrogen-bond acceptors (Lipinski definition) is 5. The van der Waals surface area contributed by atoms with E-state index < -0.39 is 5.97 Å². The number of esters is 1. The third kappa shape index (κ3) is 5.49. The molecule has 0 radical (unpaired) electrons. The average Bonchev–Trinajstić information content (AvgIpc) is 2.75. The van der Waals surface area contributed by atoms with E-state index in [4.69, 9.17) is 21.1 Å². The Bertz CT molecular complexity index is 1020. The number of rotatable bonds is 7. The number of methoxy groups -OCH3 is 1. The standard InChI is InChI=1S/C22H18ClNO5/c1-27-21(25)14-28-16-8-6-7-15(13-16)22(26)24-18-10-3-5-12-20(18)29-19-11-4-2-9-17(19)23/h2-13H,14H2,1H3,(H,24,26). The fourth-order valence-electron chi connectivity index (χ4n) is 2.43. The number of carbonyl (C=O) groups excluding carboxylic acids is 2. The number of halogens is 1. The highest BCUT2D eigenvalue weighted by atomic mass is 35.5. The number of nitrogens with one attached hydrogen (secondary N) is 1. The van der Waals surface area contributed by atoms with Gasteiger partial charge in [-0.25, -0.2) is 4.79 Å². The van der Waals surface area contributed by atoms with Gasteiger partial charge in [0, 0.05) is 5.56 Å². The van der Waals surface area contributed by atoms with Gasteiger partial charge in [-0.15, -0.1) is 0 Å². The van der Waals surface area contributed by atoms with Crippen molar-refractivity contribution in [1.82, 2.24) is 0 Å². The van der Waals surface area contributed by atoms with E-state index in [0.29, 0.717) is 33.5 Å². The summed E-state index contributed by atoms with van der Waals surface area (Å²) in [6.07, 6.45) is 0. The molecule has 0 aliphatic heterocycles. The van der Waals surface area contributed by atoms with Crippen LogP contribution in [0.3, 0.4) is 0 Å². The smallest absolute Gasteiger partial charge is 0.343 e.